The molecule has 0 aromatic heterocycles. The van der Waals surface area contributed by atoms with E-state index in [-0.39, 0.29) is 6.10 Å². The van der Waals surface area contributed by atoms with E-state index in [4.69, 9.17) is 0 Å². The van der Waals surface area contributed by atoms with Crippen molar-refractivity contribution in [2.45, 2.75) is 46.6 Å². The standard InChI is InChI=1S/C13H22O/c1-5-6-12(14)11-7-10(2)8-13(3,4)9-11/h5-7,11-12,14H,8-9H2,1-4H3/b6-5-/t11-,12?/m0/s1. The highest BCUT2D eigenvalue weighted by molar-refractivity contribution is 5.13. The van der Waals surface area contributed by atoms with Gasteiger partial charge in [0.2, 0.25) is 0 Å². The number of aliphatic hydroxyl groups is 1. The molecule has 1 rings (SSSR count). The molecule has 0 spiro atoms. The summed E-state index contributed by atoms with van der Waals surface area (Å²) in [5, 5.41) is 9.89. The van der Waals surface area contributed by atoms with Gasteiger partial charge in [-0.25, -0.2) is 0 Å². The lowest BCUT2D eigenvalue weighted by Gasteiger charge is -2.35. The van der Waals surface area contributed by atoms with E-state index in [1.54, 1.807) is 0 Å². The first-order chi connectivity index (χ1) is 6.44. The fourth-order valence-electron chi connectivity index (χ4n) is 2.51. The van der Waals surface area contributed by atoms with E-state index < -0.39 is 0 Å². The molecule has 1 aliphatic carbocycles. The van der Waals surface area contributed by atoms with Crippen molar-refractivity contribution in [1.82, 2.24) is 0 Å². The molecule has 0 saturated carbocycles. The van der Waals surface area contributed by atoms with Crippen molar-refractivity contribution >= 4 is 0 Å². The molecule has 0 aromatic rings. The number of aliphatic hydroxyl groups excluding tert-OH is 1. The fourth-order valence-corrected chi connectivity index (χ4v) is 2.51. The van der Waals surface area contributed by atoms with E-state index in [1.807, 2.05) is 19.1 Å². The molecule has 1 heteroatoms. The first-order valence-corrected chi connectivity index (χ1v) is 5.43. The van der Waals surface area contributed by atoms with Gasteiger partial charge in [0.15, 0.2) is 0 Å². The topological polar surface area (TPSA) is 20.2 Å². The highest BCUT2D eigenvalue weighted by Gasteiger charge is 2.29. The highest BCUT2D eigenvalue weighted by atomic mass is 16.3. The molecule has 1 N–H and O–H groups in total. The number of hydrogen-bond acceptors (Lipinski definition) is 1. The van der Waals surface area contributed by atoms with E-state index in [0.29, 0.717) is 11.3 Å². The maximum Gasteiger partial charge on any atom is 0.0783 e. The van der Waals surface area contributed by atoms with Crippen LogP contribution < -0.4 is 0 Å². The van der Waals surface area contributed by atoms with Crippen LogP contribution in [0.2, 0.25) is 0 Å². The Bertz CT molecular complexity index is 248. The minimum absolute atomic E-state index is 0.301. The van der Waals surface area contributed by atoms with Gasteiger partial charge in [0.1, 0.15) is 0 Å². The minimum atomic E-state index is -0.311. The van der Waals surface area contributed by atoms with Gasteiger partial charge in [-0.05, 0) is 32.1 Å². The van der Waals surface area contributed by atoms with Crippen molar-refractivity contribution in [3.63, 3.8) is 0 Å². The van der Waals surface area contributed by atoms with Crippen molar-refractivity contribution in [1.29, 1.82) is 0 Å². The second kappa shape index (κ2) is 4.31. The molecule has 14 heavy (non-hydrogen) atoms. The van der Waals surface area contributed by atoms with Crippen molar-refractivity contribution in [2.75, 3.05) is 0 Å². The lowest BCUT2D eigenvalue weighted by Crippen LogP contribution is -2.28. The quantitative estimate of drug-likeness (QED) is 0.669. The molecule has 0 amide bonds. The zero-order chi connectivity index (χ0) is 10.8. The third-order valence-electron chi connectivity index (χ3n) is 2.87. The Morgan fingerprint density at radius 3 is 2.71 bits per heavy atom. The van der Waals surface area contributed by atoms with Crippen LogP contribution in [0.5, 0.6) is 0 Å². The van der Waals surface area contributed by atoms with Crippen molar-refractivity contribution in [3.8, 4) is 0 Å². The Morgan fingerprint density at radius 1 is 1.57 bits per heavy atom. The smallest absolute Gasteiger partial charge is 0.0783 e. The van der Waals surface area contributed by atoms with Gasteiger partial charge < -0.3 is 5.11 Å². The summed E-state index contributed by atoms with van der Waals surface area (Å²) in [5.41, 5.74) is 1.75. The molecule has 1 nitrogen and oxygen atoms in total. The van der Waals surface area contributed by atoms with Crippen LogP contribution in [0.1, 0.15) is 40.5 Å². The normalized spacial score (nSPS) is 28.9. The molecular weight excluding hydrogens is 172 g/mol. The molecule has 0 aromatic carbocycles. The van der Waals surface area contributed by atoms with Crippen LogP contribution >= 0.6 is 0 Å². The van der Waals surface area contributed by atoms with Crippen LogP contribution in [0.3, 0.4) is 0 Å². The van der Waals surface area contributed by atoms with E-state index in [0.717, 1.165) is 12.8 Å². The molecule has 2 atom stereocenters. The van der Waals surface area contributed by atoms with E-state index in [9.17, 15) is 5.11 Å². The van der Waals surface area contributed by atoms with Crippen LogP contribution in [0.15, 0.2) is 23.8 Å². The summed E-state index contributed by atoms with van der Waals surface area (Å²) < 4.78 is 0. The van der Waals surface area contributed by atoms with Gasteiger partial charge in [0.05, 0.1) is 6.10 Å². The molecule has 0 heterocycles. The van der Waals surface area contributed by atoms with Crippen molar-refractivity contribution < 1.29 is 5.11 Å². The maximum atomic E-state index is 9.89. The summed E-state index contributed by atoms with van der Waals surface area (Å²) in [5.74, 6) is 0.301. The summed E-state index contributed by atoms with van der Waals surface area (Å²) >= 11 is 0. The number of hydrogen-bond donors (Lipinski definition) is 1. The molecule has 0 fully saturated rings. The minimum Gasteiger partial charge on any atom is -0.388 e. The zero-order valence-electron chi connectivity index (χ0n) is 9.75. The number of rotatable bonds is 2. The lowest BCUT2D eigenvalue weighted by molar-refractivity contribution is 0.131. The van der Waals surface area contributed by atoms with Crippen LogP contribution in [-0.4, -0.2) is 11.2 Å². The third-order valence-corrected chi connectivity index (χ3v) is 2.87. The van der Waals surface area contributed by atoms with Gasteiger partial charge in [-0.1, -0.05) is 37.6 Å². The SMILES string of the molecule is C/C=C\C(O)[C@H]1C=C(C)CC(C)(C)C1. The summed E-state index contributed by atoms with van der Waals surface area (Å²) in [4.78, 5) is 0. The summed E-state index contributed by atoms with van der Waals surface area (Å²) in [6, 6.07) is 0. The van der Waals surface area contributed by atoms with Gasteiger partial charge in [-0.2, -0.15) is 0 Å². The van der Waals surface area contributed by atoms with Crippen LogP contribution in [0, 0.1) is 11.3 Å². The Morgan fingerprint density at radius 2 is 2.21 bits per heavy atom. The van der Waals surface area contributed by atoms with Crippen molar-refractivity contribution in [3.05, 3.63) is 23.8 Å². The average molecular weight is 194 g/mol. The van der Waals surface area contributed by atoms with Gasteiger partial charge in [-0.15, -0.1) is 0 Å². The molecular formula is C13H22O. The second-order valence-corrected chi connectivity index (χ2v) is 5.24. The predicted molar refractivity (Wildman–Crippen MR) is 61.1 cm³/mol. The van der Waals surface area contributed by atoms with E-state index in [2.05, 4.69) is 26.8 Å². The molecule has 1 aliphatic rings. The summed E-state index contributed by atoms with van der Waals surface area (Å²) in [7, 11) is 0. The third kappa shape index (κ3) is 2.98. The maximum absolute atomic E-state index is 9.89. The van der Waals surface area contributed by atoms with E-state index in [1.165, 1.54) is 5.57 Å². The Labute approximate surface area is 87.5 Å². The highest BCUT2D eigenvalue weighted by Crippen LogP contribution is 2.39. The van der Waals surface area contributed by atoms with Gasteiger partial charge >= 0.3 is 0 Å². The molecule has 0 bridgehead atoms. The van der Waals surface area contributed by atoms with Gasteiger partial charge in [0.25, 0.3) is 0 Å². The zero-order valence-corrected chi connectivity index (χ0v) is 9.75. The lowest BCUT2D eigenvalue weighted by atomic mass is 9.71. The predicted octanol–water partition coefficient (Wildman–Crippen LogP) is 3.31. The summed E-state index contributed by atoms with van der Waals surface area (Å²) in [6.45, 7) is 8.67. The molecule has 0 aliphatic heterocycles. The fraction of sp³-hybridized carbons (Fsp3) is 0.692. The van der Waals surface area contributed by atoms with Gasteiger partial charge in [0, 0.05) is 5.92 Å². The second-order valence-electron chi connectivity index (χ2n) is 5.24. The van der Waals surface area contributed by atoms with Gasteiger partial charge in [-0.3, -0.25) is 0 Å². The van der Waals surface area contributed by atoms with Crippen molar-refractivity contribution in [2.24, 2.45) is 11.3 Å². The first-order valence-electron chi connectivity index (χ1n) is 5.43. The Hall–Kier alpha value is -0.560. The average Bonchev–Trinajstić information content (AvgIpc) is 2.00. The monoisotopic (exact) mass is 194 g/mol. The van der Waals surface area contributed by atoms with Crippen LogP contribution in [0.4, 0.5) is 0 Å². The molecule has 1 unspecified atom stereocenters. The van der Waals surface area contributed by atoms with Crippen LogP contribution in [-0.2, 0) is 0 Å². The Balaban J connectivity index is 2.75. The molecule has 80 valence electrons. The largest absolute Gasteiger partial charge is 0.388 e. The summed E-state index contributed by atoms with van der Waals surface area (Å²) in [6.07, 6.45) is 7.97. The molecule has 0 radical (unpaired) electrons. The van der Waals surface area contributed by atoms with Crippen LogP contribution in [0.25, 0.3) is 0 Å². The number of allylic oxidation sites excluding steroid dienone is 2. The Kier molecular flexibility index (Phi) is 3.54. The first kappa shape index (κ1) is 11.5. The van der Waals surface area contributed by atoms with E-state index >= 15 is 0 Å². The molecule has 0 saturated heterocycles.